The Morgan fingerprint density at radius 1 is 1.16 bits per heavy atom. The number of hydrogen-bond donors (Lipinski definition) is 1. The molecule has 0 unspecified atom stereocenters. The second kappa shape index (κ2) is 6.82. The Hall–Kier alpha value is -1.20. The number of Topliss-reactive ketones (excluding diaryl/α,β-unsaturated/α-hetero) is 1. The van der Waals surface area contributed by atoms with E-state index in [0.29, 0.717) is 18.0 Å². The van der Waals surface area contributed by atoms with Gasteiger partial charge in [-0.25, -0.2) is 13.1 Å². The number of nitrogens with one attached hydrogen (secondary N) is 1. The average molecular weight is 283 g/mol. The zero-order valence-electron chi connectivity index (χ0n) is 11.6. The number of carbonyl (C=O) groups excluding carboxylic acids is 1. The summed E-state index contributed by atoms with van der Waals surface area (Å²) in [5.74, 6) is 0.278. The van der Waals surface area contributed by atoms with Crippen LogP contribution in [0.15, 0.2) is 29.2 Å². The van der Waals surface area contributed by atoms with E-state index >= 15 is 0 Å². The summed E-state index contributed by atoms with van der Waals surface area (Å²) in [6, 6.07) is 6.00. The third kappa shape index (κ3) is 4.44. The van der Waals surface area contributed by atoms with Crippen LogP contribution in [0.5, 0.6) is 0 Å². The highest BCUT2D eigenvalue weighted by Gasteiger charge is 2.15. The molecular formula is C14H21NO3S. The molecule has 0 aliphatic rings. The average Bonchev–Trinajstić information content (AvgIpc) is 2.40. The smallest absolute Gasteiger partial charge is 0.240 e. The van der Waals surface area contributed by atoms with Gasteiger partial charge < -0.3 is 0 Å². The molecule has 1 N–H and O–H groups in total. The number of ketones is 1. The molecule has 0 fully saturated rings. The minimum Gasteiger partial charge on any atom is -0.295 e. The molecule has 0 radical (unpaired) electrons. The molecule has 106 valence electrons. The summed E-state index contributed by atoms with van der Waals surface area (Å²) in [4.78, 5) is 11.3. The van der Waals surface area contributed by atoms with E-state index in [-0.39, 0.29) is 10.7 Å². The van der Waals surface area contributed by atoms with Crippen LogP contribution in [0.4, 0.5) is 0 Å². The molecule has 4 nitrogen and oxygen atoms in total. The van der Waals surface area contributed by atoms with Gasteiger partial charge in [-0.15, -0.1) is 0 Å². The van der Waals surface area contributed by atoms with E-state index < -0.39 is 10.0 Å². The fourth-order valence-corrected chi connectivity index (χ4v) is 2.87. The van der Waals surface area contributed by atoms with Gasteiger partial charge in [-0.3, -0.25) is 4.79 Å². The number of carbonyl (C=O) groups is 1. The van der Waals surface area contributed by atoms with E-state index in [1.165, 1.54) is 31.2 Å². The molecule has 0 atom stereocenters. The maximum absolute atomic E-state index is 12.1. The lowest BCUT2D eigenvalue weighted by atomic mass is 10.0. The third-order valence-electron chi connectivity index (χ3n) is 3.29. The van der Waals surface area contributed by atoms with Crippen molar-refractivity contribution in [3.63, 3.8) is 0 Å². The maximum atomic E-state index is 12.1. The molecule has 0 saturated heterocycles. The summed E-state index contributed by atoms with van der Waals surface area (Å²) >= 11 is 0. The van der Waals surface area contributed by atoms with E-state index in [0.717, 1.165) is 12.8 Å². The van der Waals surface area contributed by atoms with Gasteiger partial charge in [0.05, 0.1) is 4.90 Å². The van der Waals surface area contributed by atoms with E-state index in [4.69, 9.17) is 0 Å². The van der Waals surface area contributed by atoms with Crippen LogP contribution < -0.4 is 4.72 Å². The molecule has 19 heavy (non-hydrogen) atoms. The maximum Gasteiger partial charge on any atom is 0.240 e. The first-order valence-corrected chi connectivity index (χ1v) is 7.99. The van der Waals surface area contributed by atoms with Gasteiger partial charge in [0.1, 0.15) is 0 Å². The van der Waals surface area contributed by atoms with E-state index in [1.807, 2.05) is 13.8 Å². The van der Waals surface area contributed by atoms with Crippen LogP contribution in [-0.2, 0) is 10.0 Å². The highest BCUT2D eigenvalue weighted by atomic mass is 32.2. The molecule has 0 bridgehead atoms. The van der Waals surface area contributed by atoms with Gasteiger partial charge in [0.15, 0.2) is 5.78 Å². The van der Waals surface area contributed by atoms with Gasteiger partial charge in [0.2, 0.25) is 10.0 Å². The van der Waals surface area contributed by atoms with Crippen LogP contribution in [0.25, 0.3) is 0 Å². The zero-order chi connectivity index (χ0) is 14.5. The first-order valence-electron chi connectivity index (χ1n) is 6.51. The number of hydrogen-bond acceptors (Lipinski definition) is 3. The Labute approximate surface area is 115 Å². The quantitative estimate of drug-likeness (QED) is 0.782. The third-order valence-corrected chi connectivity index (χ3v) is 4.73. The van der Waals surface area contributed by atoms with Gasteiger partial charge in [0, 0.05) is 12.1 Å². The second-order valence-electron chi connectivity index (χ2n) is 4.61. The van der Waals surface area contributed by atoms with E-state index in [2.05, 4.69) is 4.72 Å². The molecule has 0 aliphatic carbocycles. The van der Waals surface area contributed by atoms with Gasteiger partial charge in [-0.2, -0.15) is 0 Å². The molecule has 1 rings (SSSR count). The molecule has 5 heteroatoms. The zero-order valence-corrected chi connectivity index (χ0v) is 12.5. The van der Waals surface area contributed by atoms with Crippen LogP contribution in [0.2, 0.25) is 0 Å². The van der Waals surface area contributed by atoms with Crippen molar-refractivity contribution >= 4 is 15.8 Å². The second-order valence-corrected chi connectivity index (χ2v) is 6.38. The fraction of sp³-hybridized carbons (Fsp3) is 0.500. The number of rotatable bonds is 7. The molecule has 0 spiro atoms. The Morgan fingerprint density at radius 2 is 1.68 bits per heavy atom. The number of sulfonamides is 1. The standard InChI is InChI=1S/C14H21NO3S/c1-4-12(5-2)10-15-19(17,18)14-8-6-13(7-9-14)11(3)16/h6-9,12,15H,4-5,10H2,1-3H3. The van der Waals surface area contributed by atoms with Crippen molar-refractivity contribution in [1.82, 2.24) is 4.72 Å². The lowest BCUT2D eigenvalue weighted by molar-refractivity contribution is 0.101. The normalized spacial score (nSPS) is 11.8. The molecule has 0 aliphatic heterocycles. The van der Waals surface area contributed by atoms with Crippen molar-refractivity contribution in [2.24, 2.45) is 5.92 Å². The van der Waals surface area contributed by atoms with Gasteiger partial charge in [0.25, 0.3) is 0 Å². The van der Waals surface area contributed by atoms with Crippen molar-refractivity contribution in [1.29, 1.82) is 0 Å². The van der Waals surface area contributed by atoms with E-state index in [1.54, 1.807) is 0 Å². The Kier molecular flexibility index (Phi) is 5.69. The van der Waals surface area contributed by atoms with E-state index in [9.17, 15) is 13.2 Å². The molecule has 0 aromatic heterocycles. The summed E-state index contributed by atoms with van der Waals surface area (Å²) in [5.41, 5.74) is 0.513. The first-order chi connectivity index (χ1) is 8.90. The van der Waals surface area contributed by atoms with Crippen molar-refractivity contribution in [3.05, 3.63) is 29.8 Å². The molecule has 1 aromatic carbocycles. The minimum absolute atomic E-state index is 0.0751. The van der Waals surface area contributed by atoms with Crippen LogP contribution >= 0.6 is 0 Å². The van der Waals surface area contributed by atoms with Crippen molar-refractivity contribution in [3.8, 4) is 0 Å². The molecule has 0 saturated carbocycles. The van der Waals surface area contributed by atoms with Gasteiger partial charge in [-0.05, 0) is 25.0 Å². The highest BCUT2D eigenvalue weighted by Crippen LogP contribution is 2.12. The van der Waals surface area contributed by atoms with Crippen molar-refractivity contribution in [2.45, 2.75) is 38.5 Å². The molecule has 0 amide bonds. The lowest BCUT2D eigenvalue weighted by Crippen LogP contribution is -2.29. The summed E-state index contributed by atoms with van der Waals surface area (Å²) in [7, 11) is -3.48. The first kappa shape index (κ1) is 15.9. The monoisotopic (exact) mass is 283 g/mol. The SMILES string of the molecule is CCC(CC)CNS(=O)(=O)c1ccc(C(C)=O)cc1. The van der Waals surface area contributed by atoms with Crippen LogP contribution in [0.3, 0.4) is 0 Å². The number of benzene rings is 1. The van der Waals surface area contributed by atoms with Crippen LogP contribution in [0.1, 0.15) is 44.0 Å². The summed E-state index contributed by atoms with van der Waals surface area (Å²) in [5, 5.41) is 0. The molecule has 1 aromatic rings. The van der Waals surface area contributed by atoms with Crippen LogP contribution in [-0.4, -0.2) is 20.7 Å². The lowest BCUT2D eigenvalue weighted by Gasteiger charge is -2.13. The highest BCUT2D eigenvalue weighted by molar-refractivity contribution is 7.89. The summed E-state index contributed by atoms with van der Waals surface area (Å²) in [6.07, 6.45) is 1.89. The summed E-state index contributed by atoms with van der Waals surface area (Å²) in [6.45, 7) is 5.99. The predicted octanol–water partition coefficient (Wildman–Crippen LogP) is 2.60. The minimum atomic E-state index is -3.48. The Bertz CT molecular complexity index is 516. The van der Waals surface area contributed by atoms with Crippen molar-refractivity contribution in [2.75, 3.05) is 6.54 Å². The topological polar surface area (TPSA) is 63.2 Å². The largest absolute Gasteiger partial charge is 0.295 e. The fourth-order valence-electron chi connectivity index (χ4n) is 1.76. The van der Waals surface area contributed by atoms with Gasteiger partial charge in [-0.1, -0.05) is 38.8 Å². The Morgan fingerprint density at radius 3 is 2.11 bits per heavy atom. The molecular weight excluding hydrogens is 262 g/mol. The predicted molar refractivity (Wildman–Crippen MR) is 75.7 cm³/mol. The molecule has 0 heterocycles. The van der Waals surface area contributed by atoms with Crippen LogP contribution in [0, 0.1) is 5.92 Å². The van der Waals surface area contributed by atoms with Gasteiger partial charge >= 0.3 is 0 Å². The Balaban J connectivity index is 2.80. The summed E-state index contributed by atoms with van der Waals surface area (Å²) < 4.78 is 26.7. The van der Waals surface area contributed by atoms with Crippen molar-refractivity contribution < 1.29 is 13.2 Å².